The van der Waals surface area contributed by atoms with Crippen molar-refractivity contribution >= 4 is 33.4 Å². The summed E-state index contributed by atoms with van der Waals surface area (Å²) in [6.07, 6.45) is -0.0589. The number of benzene rings is 1. The molecule has 0 saturated carbocycles. The van der Waals surface area contributed by atoms with Crippen LogP contribution in [-0.2, 0) is 15.0 Å². The maximum absolute atomic E-state index is 12.7. The largest absolute Gasteiger partial charge is 0.311 e. The van der Waals surface area contributed by atoms with Gasteiger partial charge >= 0.3 is 10.2 Å². The molecule has 1 fully saturated rings. The fraction of sp³-hybridized carbons (Fsp3) is 0.333. The number of amides is 1. The molecule has 0 aliphatic carbocycles. The van der Waals surface area contributed by atoms with Crippen LogP contribution >= 0.6 is 11.6 Å². The molecule has 0 aromatic heterocycles. The molecule has 1 saturated heterocycles. The van der Waals surface area contributed by atoms with E-state index >= 15 is 0 Å². The maximum Gasteiger partial charge on any atom is 0.302 e. The average molecular weight is 317 g/mol. The van der Waals surface area contributed by atoms with Crippen LogP contribution in [0.1, 0.15) is 12.0 Å². The van der Waals surface area contributed by atoms with Gasteiger partial charge in [-0.1, -0.05) is 11.6 Å². The number of hydrogen-bond donors (Lipinski definition) is 0. The first-order chi connectivity index (χ1) is 9.30. The van der Waals surface area contributed by atoms with Gasteiger partial charge in [-0.2, -0.15) is 13.7 Å². The summed E-state index contributed by atoms with van der Waals surface area (Å²) >= 11 is 5.77. The summed E-state index contributed by atoms with van der Waals surface area (Å²) < 4.78 is 33.9. The molecule has 0 radical (unpaired) electrons. The Balaban J connectivity index is 2.27. The van der Waals surface area contributed by atoms with Crippen LogP contribution in [-0.4, -0.2) is 26.6 Å². The fourth-order valence-electron chi connectivity index (χ4n) is 2.24. The van der Waals surface area contributed by atoms with E-state index in [0.717, 1.165) is 0 Å². The Hall–Kier alpha value is -1.65. The number of nitriles is 1. The lowest BCUT2D eigenvalue weighted by atomic mass is 10.1. The quantitative estimate of drug-likeness (QED) is 0.797. The van der Waals surface area contributed by atoms with E-state index in [1.165, 1.54) is 23.1 Å². The molecule has 0 bridgehead atoms. The van der Waals surface area contributed by atoms with Crippen LogP contribution in [0.5, 0.6) is 0 Å². The van der Waals surface area contributed by atoms with Crippen LogP contribution in [0.4, 0.5) is 9.57 Å². The van der Waals surface area contributed by atoms with Crippen LogP contribution < -0.4 is 4.90 Å². The van der Waals surface area contributed by atoms with Crippen molar-refractivity contribution in [1.82, 2.24) is 0 Å². The molecule has 1 amide bonds. The van der Waals surface area contributed by atoms with Gasteiger partial charge in [-0.15, -0.1) is 3.89 Å². The molecule has 1 aromatic rings. The smallest absolute Gasteiger partial charge is 0.302 e. The van der Waals surface area contributed by atoms with Gasteiger partial charge in [-0.05, 0) is 18.2 Å². The number of rotatable bonds is 3. The lowest BCUT2D eigenvalue weighted by molar-refractivity contribution is -0.117. The normalized spacial score (nSPS) is 19.1. The molecule has 5 nitrogen and oxygen atoms in total. The van der Waals surface area contributed by atoms with Crippen molar-refractivity contribution in [2.45, 2.75) is 6.42 Å². The van der Waals surface area contributed by atoms with E-state index in [9.17, 15) is 17.1 Å². The number of carbonyl (C=O) groups excluding carboxylic acids is 1. The van der Waals surface area contributed by atoms with E-state index in [0.29, 0.717) is 10.7 Å². The Bertz CT molecular complexity index is 699. The Morgan fingerprint density at radius 1 is 1.50 bits per heavy atom. The second-order valence-electron chi connectivity index (χ2n) is 4.55. The number of anilines is 1. The maximum atomic E-state index is 12.7. The van der Waals surface area contributed by atoms with E-state index in [4.69, 9.17) is 16.9 Å². The highest BCUT2D eigenvalue weighted by atomic mass is 35.5. The molecule has 2 rings (SSSR count). The van der Waals surface area contributed by atoms with Crippen molar-refractivity contribution in [2.75, 3.05) is 17.2 Å². The van der Waals surface area contributed by atoms with Crippen molar-refractivity contribution in [3.05, 3.63) is 28.8 Å². The molecule has 20 heavy (non-hydrogen) atoms. The summed E-state index contributed by atoms with van der Waals surface area (Å²) in [7, 11) is -4.62. The van der Waals surface area contributed by atoms with Crippen LogP contribution in [0.25, 0.3) is 0 Å². The molecule has 0 spiro atoms. The second-order valence-corrected chi connectivity index (χ2v) is 6.40. The molecule has 1 atom stereocenters. The summed E-state index contributed by atoms with van der Waals surface area (Å²) in [6.45, 7) is 0.0678. The van der Waals surface area contributed by atoms with Gasteiger partial charge in [0.15, 0.2) is 0 Å². The van der Waals surface area contributed by atoms with Crippen LogP contribution in [0.15, 0.2) is 18.2 Å². The van der Waals surface area contributed by atoms with Gasteiger partial charge in [0, 0.05) is 23.9 Å². The Kier molecular flexibility index (Phi) is 3.97. The minimum Gasteiger partial charge on any atom is -0.311 e. The molecule has 1 unspecified atom stereocenters. The SMILES string of the molecule is N#Cc1cc(Cl)ccc1N1CC(CS(=O)(=O)F)CC1=O. The van der Waals surface area contributed by atoms with Gasteiger partial charge in [0.05, 0.1) is 17.0 Å². The molecule has 1 aliphatic heterocycles. The number of halogens is 2. The van der Waals surface area contributed by atoms with Gasteiger partial charge in [-0.25, -0.2) is 0 Å². The van der Waals surface area contributed by atoms with Crippen molar-refractivity contribution in [3.63, 3.8) is 0 Å². The minimum absolute atomic E-state index is 0.0589. The second kappa shape index (κ2) is 5.38. The van der Waals surface area contributed by atoms with E-state index in [-0.39, 0.29) is 24.4 Å². The fourth-order valence-corrected chi connectivity index (χ4v) is 3.20. The predicted molar refractivity (Wildman–Crippen MR) is 71.5 cm³/mol. The van der Waals surface area contributed by atoms with Crippen LogP contribution in [0.2, 0.25) is 5.02 Å². The molecule has 0 N–H and O–H groups in total. The third kappa shape index (κ3) is 3.26. The summed E-state index contributed by atoms with van der Waals surface area (Å²) in [6, 6.07) is 6.40. The Labute approximate surface area is 120 Å². The minimum atomic E-state index is -4.62. The highest BCUT2D eigenvalue weighted by molar-refractivity contribution is 7.86. The monoisotopic (exact) mass is 316 g/mol. The van der Waals surface area contributed by atoms with Gasteiger partial charge in [0.2, 0.25) is 5.91 Å². The first-order valence-electron chi connectivity index (χ1n) is 5.72. The first-order valence-corrected chi connectivity index (χ1v) is 7.65. The molecule has 1 aliphatic rings. The van der Waals surface area contributed by atoms with Gasteiger partial charge in [0.25, 0.3) is 0 Å². The first kappa shape index (κ1) is 14.8. The van der Waals surface area contributed by atoms with Crippen molar-refractivity contribution in [1.29, 1.82) is 5.26 Å². The Morgan fingerprint density at radius 2 is 2.20 bits per heavy atom. The number of carbonyl (C=O) groups is 1. The van der Waals surface area contributed by atoms with Crippen molar-refractivity contribution < 1.29 is 17.1 Å². The average Bonchev–Trinajstić information content (AvgIpc) is 2.67. The molecular formula is C12H10ClFN2O3S. The molecule has 8 heteroatoms. The van der Waals surface area contributed by atoms with Crippen molar-refractivity contribution in [3.8, 4) is 6.07 Å². The van der Waals surface area contributed by atoms with Crippen LogP contribution in [0, 0.1) is 17.2 Å². The lowest BCUT2D eigenvalue weighted by Gasteiger charge is -2.18. The third-order valence-corrected chi connectivity index (χ3v) is 4.11. The standard InChI is InChI=1S/C12H10ClFN2O3S/c13-10-1-2-11(9(4-10)5-15)16-6-8(3-12(16)17)7-20(14,18)19/h1-2,4,8H,3,6-7H2. The van der Waals surface area contributed by atoms with E-state index in [1.54, 1.807) is 0 Å². The molecule has 106 valence electrons. The van der Waals surface area contributed by atoms with Gasteiger partial charge in [-0.3, -0.25) is 4.79 Å². The van der Waals surface area contributed by atoms with E-state index in [2.05, 4.69) is 0 Å². The summed E-state index contributed by atoms with van der Waals surface area (Å²) in [5.41, 5.74) is 0.579. The van der Waals surface area contributed by atoms with E-state index in [1.807, 2.05) is 6.07 Å². The zero-order valence-electron chi connectivity index (χ0n) is 10.2. The highest BCUT2D eigenvalue weighted by Gasteiger charge is 2.34. The Morgan fingerprint density at radius 3 is 2.80 bits per heavy atom. The molecular weight excluding hydrogens is 307 g/mol. The van der Waals surface area contributed by atoms with E-state index < -0.39 is 21.9 Å². The zero-order chi connectivity index (χ0) is 14.9. The third-order valence-electron chi connectivity index (χ3n) is 3.01. The van der Waals surface area contributed by atoms with Gasteiger partial charge < -0.3 is 4.90 Å². The lowest BCUT2D eigenvalue weighted by Crippen LogP contribution is -2.26. The zero-order valence-corrected chi connectivity index (χ0v) is 11.8. The highest BCUT2D eigenvalue weighted by Crippen LogP contribution is 2.30. The van der Waals surface area contributed by atoms with Crippen LogP contribution in [0.3, 0.4) is 0 Å². The predicted octanol–water partition coefficient (Wildman–Crippen LogP) is 1.86. The number of hydrogen-bond acceptors (Lipinski definition) is 4. The molecule has 1 heterocycles. The number of nitrogens with zero attached hydrogens (tertiary/aromatic N) is 2. The topological polar surface area (TPSA) is 78.2 Å². The summed E-state index contributed by atoms with van der Waals surface area (Å²) in [4.78, 5) is 13.2. The molecule has 1 aromatic carbocycles. The van der Waals surface area contributed by atoms with Gasteiger partial charge in [0.1, 0.15) is 6.07 Å². The summed E-state index contributed by atoms with van der Waals surface area (Å²) in [5.74, 6) is -1.64. The van der Waals surface area contributed by atoms with Crippen molar-refractivity contribution in [2.24, 2.45) is 5.92 Å². The summed E-state index contributed by atoms with van der Waals surface area (Å²) in [5, 5.41) is 9.40.